The van der Waals surface area contributed by atoms with Crippen LogP contribution in [0, 0.1) is 11.7 Å². The van der Waals surface area contributed by atoms with Crippen molar-refractivity contribution < 1.29 is 14.0 Å². The number of pyridine rings is 1. The smallest absolute Gasteiger partial charge is 0.272 e. The molecule has 1 saturated heterocycles. The second kappa shape index (κ2) is 9.07. The van der Waals surface area contributed by atoms with Gasteiger partial charge in [-0.15, -0.1) is 0 Å². The minimum Gasteiger partial charge on any atom is -0.337 e. The van der Waals surface area contributed by atoms with Crippen molar-refractivity contribution >= 4 is 17.5 Å². The molecule has 7 nitrogen and oxygen atoms in total. The third-order valence-electron chi connectivity index (χ3n) is 5.52. The Bertz CT molecular complexity index is 1060. The van der Waals surface area contributed by atoms with Gasteiger partial charge >= 0.3 is 0 Å². The molecule has 1 fully saturated rings. The first-order valence-electron chi connectivity index (χ1n) is 10.3. The van der Waals surface area contributed by atoms with E-state index in [0.717, 1.165) is 18.5 Å². The fourth-order valence-electron chi connectivity index (χ4n) is 3.87. The third kappa shape index (κ3) is 4.96. The number of hydrogen-bond acceptors (Lipinski definition) is 4. The van der Waals surface area contributed by atoms with Crippen LogP contribution in [-0.2, 0) is 13.5 Å². The van der Waals surface area contributed by atoms with Crippen LogP contribution in [0.5, 0.6) is 0 Å². The number of rotatable bonds is 5. The van der Waals surface area contributed by atoms with Crippen molar-refractivity contribution in [1.29, 1.82) is 0 Å². The highest BCUT2D eigenvalue weighted by Gasteiger charge is 2.26. The molecule has 0 atom stereocenters. The molecular formula is C23H24FN5O2. The Kier molecular flexibility index (Phi) is 6.06. The molecule has 0 spiro atoms. The van der Waals surface area contributed by atoms with Crippen LogP contribution in [0.15, 0.2) is 54.9 Å². The summed E-state index contributed by atoms with van der Waals surface area (Å²) in [6, 6.07) is 11.0. The van der Waals surface area contributed by atoms with E-state index in [1.54, 1.807) is 36.3 Å². The lowest BCUT2D eigenvalue weighted by molar-refractivity contribution is 0.0684. The van der Waals surface area contributed by atoms with Crippen molar-refractivity contribution in [2.45, 2.75) is 19.3 Å². The highest BCUT2D eigenvalue weighted by Crippen LogP contribution is 2.24. The molecule has 1 aromatic carbocycles. The molecule has 0 bridgehead atoms. The zero-order chi connectivity index (χ0) is 21.8. The van der Waals surface area contributed by atoms with Gasteiger partial charge in [0.1, 0.15) is 11.5 Å². The number of aromatic nitrogens is 3. The van der Waals surface area contributed by atoms with Gasteiger partial charge in [0.15, 0.2) is 0 Å². The number of halogens is 1. The topological polar surface area (TPSA) is 80.1 Å². The number of aryl methyl sites for hydroxylation is 1. The van der Waals surface area contributed by atoms with E-state index in [4.69, 9.17) is 0 Å². The van der Waals surface area contributed by atoms with Crippen LogP contribution in [0.1, 0.15) is 39.4 Å². The number of benzene rings is 1. The largest absolute Gasteiger partial charge is 0.337 e. The van der Waals surface area contributed by atoms with E-state index in [-0.39, 0.29) is 17.6 Å². The number of nitrogens with zero attached hydrogens (tertiary/aromatic N) is 4. The molecule has 160 valence electrons. The maximum Gasteiger partial charge on any atom is 0.272 e. The second-order valence-electron chi connectivity index (χ2n) is 7.78. The van der Waals surface area contributed by atoms with Crippen molar-refractivity contribution in [3.05, 3.63) is 77.6 Å². The number of piperidine rings is 1. The predicted molar refractivity (Wildman–Crippen MR) is 114 cm³/mol. The average molecular weight is 421 g/mol. The molecule has 4 rings (SSSR count). The van der Waals surface area contributed by atoms with E-state index in [2.05, 4.69) is 15.4 Å². The lowest BCUT2D eigenvalue weighted by atomic mass is 9.91. The maximum atomic E-state index is 13.1. The molecule has 0 radical (unpaired) electrons. The van der Waals surface area contributed by atoms with Crippen LogP contribution in [0.25, 0.3) is 0 Å². The van der Waals surface area contributed by atoms with E-state index < -0.39 is 0 Å². The van der Waals surface area contributed by atoms with Crippen molar-refractivity contribution in [2.75, 3.05) is 18.4 Å². The molecule has 2 aromatic heterocycles. The Morgan fingerprint density at radius 2 is 1.87 bits per heavy atom. The second-order valence-corrected chi connectivity index (χ2v) is 7.78. The van der Waals surface area contributed by atoms with Crippen LogP contribution in [-0.4, -0.2) is 44.6 Å². The van der Waals surface area contributed by atoms with Gasteiger partial charge in [0.25, 0.3) is 11.8 Å². The summed E-state index contributed by atoms with van der Waals surface area (Å²) in [5, 5.41) is 7.29. The monoisotopic (exact) mass is 421 g/mol. The van der Waals surface area contributed by atoms with Gasteiger partial charge < -0.3 is 10.2 Å². The fraction of sp³-hybridized carbons (Fsp3) is 0.304. The van der Waals surface area contributed by atoms with Gasteiger partial charge in [0, 0.05) is 38.2 Å². The summed E-state index contributed by atoms with van der Waals surface area (Å²) >= 11 is 0. The molecule has 1 aliphatic heterocycles. The summed E-state index contributed by atoms with van der Waals surface area (Å²) in [5.41, 5.74) is 2.24. The van der Waals surface area contributed by atoms with Gasteiger partial charge in [-0.1, -0.05) is 6.07 Å². The van der Waals surface area contributed by atoms with E-state index in [0.29, 0.717) is 42.4 Å². The van der Waals surface area contributed by atoms with Crippen LogP contribution in [0.3, 0.4) is 0 Å². The van der Waals surface area contributed by atoms with Crippen LogP contribution < -0.4 is 5.32 Å². The minimum atomic E-state index is -0.354. The van der Waals surface area contributed by atoms with Crippen molar-refractivity contribution in [2.24, 2.45) is 13.0 Å². The summed E-state index contributed by atoms with van der Waals surface area (Å²) in [6.07, 6.45) is 5.68. The lowest BCUT2D eigenvalue weighted by Gasteiger charge is -2.31. The molecule has 1 aliphatic rings. The summed E-state index contributed by atoms with van der Waals surface area (Å²) in [6.45, 7) is 1.31. The lowest BCUT2D eigenvalue weighted by Crippen LogP contribution is -2.39. The summed E-state index contributed by atoms with van der Waals surface area (Å²) in [7, 11) is 1.78. The molecule has 8 heteroatoms. The van der Waals surface area contributed by atoms with E-state index in [1.807, 2.05) is 11.0 Å². The maximum absolute atomic E-state index is 13.1. The number of hydrogen-bond donors (Lipinski definition) is 1. The summed E-state index contributed by atoms with van der Waals surface area (Å²) < 4.78 is 14.7. The van der Waals surface area contributed by atoms with Crippen molar-refractivity contribution in [1.82, 2.24) is 19.7 Å². The SMILES string of the molecule is Cn1cc(C(=O)Nc2ccc(F)cc2)c(CC2CCN(C(=O)c3ccccn3)CC2)n1. The molecule has 0 saturated carbocycles. The van der Waals surface area contributed by atoms with Crippen LogP contribution in [0.2, 0.25) is 0 Å². The van der Waals surface area contributed by atoms with Crippen molar-refractivity contribution in [3.8, 4) is 0 Å². The molecule has 0 unspecified atom stereocenters. The first-order chi connectivity index (χ1) is 15.0. The highest BCUT2D eigenvalue weighted by atomic mass is 19.1. The first-order valence-corrected chi connectivity index (χ1v) is 10.3. The number of carbonyl (C=O) groups excluding carboxylic acids is 2. The molecule has 3 aromatic rings. The predicted octanol–water partition coefficient (Wildman–Crippen LogP) is 3.30. The van der Waals surface area contributed by atoms with Gasteiger partial charge in [-0.2, -0.15) is 5.10 Å². The number of amides is 2. The summed E-state index contributed by atoms with van der Waals surface area (Å²) in [4.78, 5) is 31.3. The Morgan fingerprint density at radius 3 is 2.55 bits per heavy atom. The first kappa shape index (κ1) is 20.7. The van der Waals surface area contributed by atoms with E-state index >= 15 is 0 Å². The van der Waals surface area contributed by atoms with Crippen LogP contribution >= 0.6 is 0 Å². The van der Waals surface area contributed by atoms with Gasteiger partial charge in [-0.05, 0) is 61.6 Å². The quantitative estimate of drug-likeness (QED) is 0.686. The summed E-state index contributed by atoms with van der Waals surface area (Å²) in [5.74, 6) is -0.332. The highest BCUT2D eigenvalue weighted by molar-refractivity contribution is 6.04. The van der Waals surface area contributed by atoms with E-state index in [1.165, 1.54) is 24.3 Å². The number of carbonyl (C=O) groups is 2. The number of likely N-dealkylation sites (tertiary alicyclic amines) is 1. The van der Waals surface area contributed by atoms with Gasteiger partial charge in [0.05, 0.1) is 11.3 Å². The Balaban J connectivity index is 1.37. The van der Waals surface area contributed by atoms with Gasteiger partial charge in [-0.25, -0.2) is 4.39 Å². The molecule has 2 amide bonds. The Hall–Kier alpha value is -3.55. The normalized spacial score (nSPS) is 14.5. The molecule has 31 heavy (non-hydrogen) atoms. The number of anilines is 1. The Morgan fingerprint density at radius 1 is 1.13 bits per heavy atom. The minimum absolute atomic E-state index is 0.0451. The Labute approximate surface area is 179 Å². The molecule has 0 aliphatic carbocycles. The fourth-order valence-corrected chi connectivity index (χ4v) is 3.87. The molecular weight excluding hydrogens is 397 g/mol. The number of nitrogens with one attached hydrogen (secondary N) is 1. The standard InChI is InChI=1S/C23H24FN5O2/c1-28-15-19(22(30)26-18-7-5-17(24)6-8-18)21(27-28)14-16-9-12-29(13-10-16)23(31)20-4-2-3-11-25-20/h2-8,11,15-16H,9-10,12-14H2,1H3,(H,26,30). The third-order valence-corrected chi connectivity index (χ3v) is 5.52. The molecule has 3 heterocycles. The average Bonchev–Trinajstić information content (AvgIpc) is 3.16. The zero-order valence-electron chi connectivity index (χ0n) is 17.3. The van der Waals surface area contributed by atoms with Gasteiger partial charge in [-0.3, -0.25) is 19.3 Å². The molecule has 1 N–H and O–H groups in total. The van der Waals surface area contributed by atoms with Crippen LogP contribution in [0.4, 0.5) is 10.1 Å². The zero-order valence-corrected chi connectivity index (χ0v) is 17.3. The van der Waals surface area contributed by atoms with Gasteiger partial charge in [0.2, 0.25) is 0 Å². The van der Waals surface area contributed by atoms with Crippen molar-refractivity contribution in [3.63, 3.8) is 0 Å². The van der Waals surface area contributed by atoms with E-state index in [9.17, 15) is 14.0 Å².